The molecule has 160 valence electrons. The molecule has 8 heteroatoms. The van der Waals surface area contributed by atoms with E-state index in [4.69, 9.17) is 0 Å². The molecule has 2 fully saturated rings. The van der Waals surface area contributed by atoms with E-state index in [0.29, 0.717) is 30.7 Å². The fraction of sp³-hybridized carbons (Fsp3) is 0.391. The van der Waals surface area contributed by atoms with Gasteiger partial charge in [0.05, 0.1) is 18.4 Å². The van der Waals surface area contributed by atoms with Crippen LogP contribution in [0.3, 0.4) is 0 Å². The van der Waals surface area contributed by atoms with E-state index >= 15 is 0 Å². The fourth-order valence-electron chi connectivity index (χ4n) is 4.81. The first-order valence-electron chi connectivity index (χ1n) is 10.6. The molecule has 0 aromatic carbocycles. The lowest BCUT2D eigenvalue weighted by molar-refractivity contribution is -0.125. The molecule has 0 bridgehead atoms. The summed E-state index contributed by atoms with van der Waals surface area (Å²) in [4.78, 5) is 39.5. The molecule has 0 spiro atoms. The number of fused-ring (bicyclic) bond motifs is 2. The van der Waals surface area contributed by atoms with Gasteiger partial charge in [-0.15, -0.1) is 0 Å². The van der Waals surface area contributed by atoms with Crippen LogP contribution >= 0.6 is 0 Å². The highest BCUT2D eigenvalue weighted by atomic mass is 16.2. The third kappa shape index (κ3) is 4.16. The lowest BCUT2D eigenvalue weighted by atomic mass is 10.0. The number of nitrogens with zero attached hydrogens (tertiary/aromatic N) is 5. The van der Waals surface area contributed by atoms with Gasteiger partial charge in [0, 0.05) is 68.6 Å². The van der Waals surface area contributed by atoms with Crippen molar-refractivity contribution in [3.63, 3.8) is 0 Å². The summed E-state index contributed by atoms with van der Waals surface area (Å²) < 4.78 is 0. The number of anilines is 2. The van der Waals surface area contributed by atoms with Gasteiger partial charge >= 0.3 is 0 Å². The van der Waals surface area contributed by atoms with Crippen molar-refractivity contribution in [1.29, 1.82) is 0 Å². The van der Waals surface area contributed by atoms with E-state index in [-0.39, 0.29) is 11.8 Å². The zero-order valence-electron chi connectivity index (χ0n) is 17.6. The van der Waals surface area contributed by atoms with E-state index in [1.165, 1.54) is 0 Å². The summed E-state index contributed by atoms with van der Waals surface area (Å²) in [6, 6.07) is 6.05. The first kappa shape index (κ1) is 19.7. The van der Waals surface area contributed by atoms with E-state index in [2.05, 4.69) is 26.3 Å². The molecule has 3 aliphatic rings. The van der Waals surface area contributed by atoms with Crippen molar-refractivity contribution in [1.82, 2.24) is 19.8 Å². The Labute approximate surface area is 181 Å². The van der Waals surface area contributed by atoms with Crippen molar-refractivity contribution in [3.05, 3.63) is 54.0 Å². The molecule has 2 atom stereocenters. The predicted molar refractivity (Wildman–Crippen MR) is 118 cm³/mol. The second kappa shape index (κ2) is 8.11. The first-order chi connectivity index (χ1) is 15.0. The van der Waals surface area contributed by atoms with Gasteiger partial charge in [0.2, 0.25) is 11.8 Å². The third-order valence-electron chi connectivity index (χ3n) is 6.33. The van der Waals surface area contributed by atoms with E-state index in [1.54, 1.807) is 18.5 Å². The topological polar surface area (TPSA) is 81.7 Å². The average Bonchev–Trinajstić information content (AvgIpc) is 3.29. The van der Waals surface area contributed by atoms with Gasteiger partial charge in [-0.05, 0) is 36.9 Å². The van der Waals surface area contributed by atoms with Gasteiger partial charge < -0.3 is 15.1 Å². The van der Waals surface area contributed by atoms with Crippen LogP contribution in [-0.4, -0.2) is 71.4 Å². The Morgan fingerprint density at radius 2 is 1.97 bits per heavy atom. The molecule has 2 unspecified atom stereocenters. The molecule has 0 saturated carbocycles. The van der Waals surface area contributed by atoms with Gasteiger partial charge in [0.25, 0.3) is 0 Å². The summed E-state index contributed by atoms with van der Waals surface area (Å²) in [5, 5.41) is 2.83. The van der Waals surface area contributed by atoms with Crippen LogP contribution in [0, 0.1) is 11.8 Å². The molecule has 8 nitrogen and oxygen atoms in total. The molecule has 2 aromatic rings. The maximum atomic E-state index is 12.8. The number of aromatic nitrogens is 2. The van der Waals surface area contributed by atoms with Crippen LogP contribution in [0.2, 0.25) is 0 Å². The summed E-state index contributed by atoms with van der Waals surface area (Å²) in [7, 11) is 1.90. The summed E-state index contributed by atoms with van der Waals surface area (Å²) in [6.45, 7) is 4.51. The fourth-order valence-corrected chi connectivity index (χ4v) is 4.81. The molecule has 0 radical (unpaired) electrons. The van der Waals surface area contributed by atoms with Crippen molar-refractivity contribution in [3.8, 4) is 0 Å². The van der Waals surface area contributed by atoms with Crippen molar-refractivity contribution in [2.45, 2.75) is 6.54 Å². The van der Waals surface area contributed by atoms with Gasteiger partial charge in [0.15, 0.2) is 0 Å². The first-order valence-corrected chi connectivity index (χ1v) is 10.6. The number of likely N-dealkylation sites (N-methyl/N-ethyl adjacent to an activating group) is 1. The van der Waals surface area contributed by atoms with Gasteiger partial charge in [-0.2, -0.15) is 0 Å². The SMILES string of the molecule is CN1CC(=O)Nc2ncc(C=CC(=O)N3CC4CN(c5cccnc5)CC4C3)cc2C1. The lowest BCUT2D eigenvalue weighted by Crippen LogP contribution is -2.32. The molecule has 2 saturated heterocycles. The van der Waals surface area contributed by atoms with Crippen molar-refractivity contribution < 1.29 is 9.59 Å². The maximum absolute atomic E-state index is 12.8. The van der Waals surface area contributed by atoms with Crippen LogP contribution in [0.25, 0.3) is 6.08 Å². The summed E-state index contributed by atoms with van der Waals surface area (Å²) >= 11 is 0. The van der Waals surface area contributed by atoms with E-state index in [0.717, 1.165) is 43.0 Å². The predicted octanol–water partition coefficient (Wildman–Crippen LogP) is 1.47. The Morgan fingerprint density at radius 3 is 2.71 bits per heavy atom. The highest BCUT2D eigenvalue weighted by Crippen LogP contribution is 2.33. The Hall–Kier alpha value is -3.26. The molecule has 3 aliphatic heterocycles. The minimum Gasteiger partial charge on any atom is -0.370 e. The van der Waals surface area contributed by atoms with Crippen LogP contribution in [0.15, 0.2) is 42.9 Å². The number of carbonyl (C=O) groups excluding carboxylic acids is 2. The van der Waals surface area contributed by atoms with Gasteiger partial charge in [-0.1, -0.05) is 0 Å². The number of amides is 2. The molecule has 2 aromatic heterocycles. The smallest absolute Gasteiger partial charge is 0.246 e. The average molecular weight is 419 g/mol. The number of hydrogen-bond donors (Lipinski definition) is 1. The highest BCUT2D eigenvalue weighted by molar-refractivity contribution is 5.93. The van der Waals surface area contributed by atoms with Crippen LogP contribution < -0.4 is 10.2 Å². The molecule has 5 heterocycles. The normalized spacial score (nSPS) is 23.6. The van der Waals surface area contributed by atoms with E-state index in [1.807, 2.05) is 41.3 Å². The van der Waals surface area contributed by atoms with E-state index in [9.17, 15) is 9.59 Å². The molecule has 2 amide bonds. The molecule has 31 heavy (non-hydrogen) atoms. The van der Waals surface area contributed by atoms with Crippen LogP contribution in [0.5, 0.6) is 0 Å². The summed E-state index contributed by atoms with van der Waals surface area (Å²) in [5.74, 6) is 1.59. The number of nitrogens with one attached hydrogen (secondary N) is 1. The van der Waals surface area contributed by atoms with Crippen molar-refractivity contribution >= 4 is 29.4 Å². The zero-order valence-corrected chi connectivity index (χ0v) is 17.6. The van der Waals surface area contributed by atoms with Crippen molar-refractivity contribution in [2.75, 3.05) is 50.0 Å². The Balaban J connectivity index is 1.21. The van der Waals surface area contributed by atoms with Gasteiger partial charge in [0.1, 0.15) is 5.82 Å². The molecule has 5 rings (SSSR count). The van der Waals surface area contributed by atoms with Crippen LogP contribution in [-0.2, 0) is 16.1 Å². The molecular weight excluding hydrogens is 392 g/mol. The Bertz CT molecular complexity index is 1010. The van der Waals surface area contributed by atoms with Gasteiger partial charge in [-0.25, -0.2) is 4.98 Å². The Kier molecular flexibility index (Phi) is 5.15. The highest BCUT2D eigenvalue weighted by Gasteiger charge is 2.41. The van der Waals surface area contributed by atoms with E-state index < -0.39 is 0 Å². The van der Waals surface area contributed by atoms with Gasteiger partial charge in [-0.3, -0.25) is 19.5 Å². The second-order valence-electron chi connectivity index (χ2n) is 8.71. The summed E-state index contributed by atoms with van der Waals surface area (Å²) in [6.07, 6.45) is 8.85. The Morgan fingerprint density at radius 1 is 1.16 bits per heavy atom. The number of carbonyl (C=O) groups is 2. The lowest BCUT2D eigenvalue weighted by Gasteiger charge is -2.22. The van der Waals surface area contributed by atoms with Crippen LogP contribution in [0.4, 0.5) is 11.5 Å². The standard InChI is InChI=1S/C23H26N6O2/c1-27-10-17-7-16(8-25-23(17)26-21(30)15-27)4-5-22(31)29-13-18-11-28(12-19(18)14-29)20-3-2-6-24-9-20/h2-9,18-19H,10-15H2,1H3,(H,25,26,30). The monoisotopic (exact) mass is 418 g/mol. The third-order valence-corrected chi connectivity index (χ3v) is 6.33. The molecule has 1 N–H and O–H groups in total. The van der Waals surface area contributed by atoms with Crippen molar-refractivity contribution in [2.24, 2.45) is 11.8 Å². The second-order valence-corrected chi connectivity index (χ2v) is 8.71. The minimum absolute atomic E-state index is 0.0442. The zero-order chi connectivity index (χ0) is 21.4. The molecule has 0 aliphatic carbocycles. The summed E-state index contributed by atoms with van der Waals surface area (Å²) in [5.41, 5.74) is 2.97. The number of hydrogen-bond acceptors (Lipinski definition) is 6. The largest absolute Gasteiger partial charge is 0.370 e. The molecular formula is C23H26N6O2. The minimum atomic E-state index is -0.0612. The number of likely N-dealkylation sites (tertiary alicyclic amines) is 1. The maximum Gasteiger partial charge on any atom is 0.246 e. The quantitative estimate of drug-likeness (QED) is 0.761. The number of rotatable bonds is 3. The van der Waals surface area contributed by atoms with Crippen LogP contribution in [0.1, 0.15) is 11.1 Å². The number of pyridine rings is 2.